The number of phenols is 1. The molecule has 2 aromatic rings. The molecule has 5 heteroatoms. The van der Waals surface area contributed by atoms with Gasteiger partial charge in [0.2, 0.25) is 5.75 Å². The van der Waals surface area contributed by atoms with Gasteiger partial charge in [-0.2, -0.15) is 0 Å². The van der Waals surface area contributed by atoms with Crippen LogP contribution in [0.2, 0.25) is 0 Å². The van der Waals surface area contributed by atoms with Crippen molar-refractivity contribution < 1.29 is 24.2 Å². The minimum absolute atomic E-state index is 0.00727. The molecular weight excluding hydrogens is 248 g/mol. The van der Waals surface area contributed by atoms with Gasteiger partial charge in [-0.05, 0) is 24.3 Å². The lowest BCUT2D eigenvalue weighted by Crippen LogP contribution is -2.21. The molecule has 0 bridgehead atoms. The second kappa shape index (κ2) is 4.13. The Labute approximate surface area is 108 Å². The van der Waals surface area contributed by atoms with Gasteiger partial charge in [0.15, 0.2) is 11.5 Å². The highest BCUT2D eigenvalue weighted by Gasteiger charge is 2.26. The molecule has 5 nitrogen and oxygen atoms in total. The van der Waals surface area contributed by atoms with Gasteiger partial charge in [0, 0.05) is 0 Å². The van der Waals surface area contributed by atoms with Crippen LogP contribution in [0.4, 0.5) is 0 Å². The van der Waals surface area contributed by atoms with Crippen molar-refractivity contribution in [1.29, 1.82) is 0 Å². The molecular formula is C14H8O5. The summed E-state index contributed by atoms with van der Waals surface area (Å²) in [7, 11) is 0. The molecule has 0 atom stereocenters. The third kappa shape index (κ3) is 1.81. The molecule has 0 saturated heterocycles. The smallest absolute Gasteiger partial charge is 0.344 e. The van der Waals surface area contributed by atoms with Crippen LogP contribution in [0.25, 0.3) is 0 Å². The number of benzene rings is 2. The van der Waals surface area contributed by atoms with Gasteiger partial charge in [0.1, 0.15) is 0 Å². The molecule has 0 aliphatic carbocycles. The maximum Gasteiger partial charge on any atom is 0.344 e. The van der Waals surface area contributed by atoms with E-state index in [1.807, 2.05) is 0 Å². The number of carbonyl (C=O) groups excluding carboxylic acids is 2. The summed E-state index contributed by atoms with van der Waals surface area (Å²) >= 11 is 0. The number of hydrogen-bond donors (Lipinski definition) is 1. The van der Waals surface area contributed by atoms with Crippen molar-refractivity contribution in [2.24, 2.45) is 0 Å². The Hall–Kier alpha value is -2.82. The minimum atomic E-state index is -0.713. The Kier molecular flexibility index (Phi) is 2.45. The van der Waals surface area contributed by atoms with Gasteiger partial charge in [-0.1, -0.05) is 18.2 Å². The lowest BCUT2D eigenvalue weighted by atomic mass is 10.1. The molecule has 1 N–H and O–H groups in total. The van der Waals surface area contributed by atoms with E-state index in [1.165, 1.54) is 30.3 Å². The van der Waals surface area contributed by atoms with Crippen LogP contribution in [0.3, 0.4) is 0 Å². The Morgan fingerprint density at radius 3 is 2.11 bits per heavy atom. The molecule has 19 heavy (non-hydrogen) atoms. The van der Waals surface area contributed by atoms with E-state index in [0.29, 0.717) is 0 Å². The monoisotopic (exact) mass is 256 g/mol. The zero-order valence-corrected chi connectivity index (χ0v) is 9.62. The molecule has 0 amide bonds. The van der Waals surface area contributed by atoms with E-state index in [4.69, 9.17) is 9.47 Å². The maximum absolute atomic E-state index is 12.0. The summed E-state index contributed by atoms with van der Waals surface area (Å²) in [6.45, 7) is 0. The van der Waals surface area contributed by atoms with Gasteiger partial charge in [0.05, 0.1) is 11.1 Å². The van der Waals surface area contributed by atoms with Crippen molar-refractivity contribution >= 4 is 11.9 Å². The van der Waals surface area contributed by atoms with Gasteiger partial charge in [-0.25, -0.2) is 9.59 Å². The first-order chi connectivity index (χ1) is 9.16. The number of phenolic OH excluding ortho intramolecular Hbond substituents is 1. The fraction of sp³-hybridized carbons (Fsp3) is 0. The van der Waals surface area contributed by atoms with E-state index in [1.54, 1.807) is 12.1 Å². The van der Waals surface area contributed by atoms with Crippen LogP contribution >= 0.6 is 0 Å². The van der Waals surface area contributed by atoms with Crippen LogP contribution in [0.5, 0.6) is 17.2 Å². The Balaban J connectivity index is 2.18. The zero-order chi connectivity index (χ0) is 13.4. The van der Waals surface area contributed by atoms with E-state index in [0.717, 1.165) is 0 Å². The second-order valence-electron chi connectivity index (χ2n) is 3.93. The lowest BCUT2D eigenvalue weighted by molar-refractivity contribution is 0.0644. The third-order valence-corrected chi connectivity index (χ3v) is 2.72. The molecule has 0 spiro atoms. The van der Waals surface area contributed by atoms with Crippen molar-refractivity contribution in [2.75, 3.05) is 0 Å². The van der Waals surface area contributed by atoms with Crippen LogP contribution in [-0.2, 0) is 0 Å². The number of fused-ring (bicyclic) bond motifs is 2. The van der Waals surface area contributed by atoms with Crippen LogP contribution in [-0.4, -0.2) is 17.0 Å². The molecule has 2 aromatic carbocycles. The summed E-state index contributed by atoms with van der Waals surface area (Å²) in [4.78, 5) is 23.9. The summed E-state index contributed by atoms with van der Waals surface area (Å²) in [6.07, 6.45) is 0. The number of ether oxygens (including phenoxy) is 2. The van der Waals surface area contributed by atoms with Crippen molar-refractivity contribution in [3.63, 3.8) is 0 Å². The van der Waals surface area contributed by atoms with E-state index in [-0.39, 0.29) is 28.4 Å². The molecule has 1 heterocycles. The second-order valence-corrected chi connectivity index (χ2v) is 3.93. The van der Waals surface area contributed by atoms with Crippen molar-refractivity contribution in [1.82, 2.24) is 0 Å². The van der Waals surface area contributed by atoms with Gasteiger partial charge in [0.25, 0.3) is 0 Å². The van der Waals surface area contributed by atoms with Crippen LogP contribution in [0, 0.1) is 0 Å². The predicted molar refractivity (Wildman–Crippen MR) is 64.5 cm³/mol. The molecule has 3 rings (SSSR count). The number of aromatic hydroxyl groups is 1. The average Bonchev–Trinajstić information content (AvgIpc) is 2.41. The molecule has 1 aliphatic rings. The molecule has 0 aromatic heterocycles. The highest BCUT2D eigenvalue weighted by atomic mass is 16.6. The first kappa shape index (κ1) is 11.3. The SMILES string of the molecule is O=C1Oc2cccc(O)c2OC(=O)c2ccccc21. The standard InChI is InChI=1S/C14H8O5/c15-10-6-3-7-11-12(10)19-14(17)9-5-2-1-4-8(9)13(16)18-11/h1-7,15H. The molecule has 0 radical (unpaired) electrons. The van der Waals surface area contributed by atoms with Crippen LogP contribution in [0.1, 0.15) is 20.7 Å². The quantitative estimate of drug-likeness (QED) is 0.577. The number of esters is 2. The molecule has 0 fully saturated rings. The van der Waals surface area contributed by atoms with E-state index in [9.17, 15) is 14.7 Å². The fourth-order valence-corrected chi connectivity index (χ4v) is 1.83. The summed E-state index contributed by atoms with van der Waals surface area (Å²) in [5, 5.41) is 9.66. The van der Waals surface area contributed by atoms with Gasteiger partial charge in [-0.15, -0.1) is 0 Å². The van der Waals surface area contributed by atoms with Gasteiger partial charge < -0.3 is 14.6 Å². The number of para-hydroxylation sites is 1. The Morgan fingerprint density at radius 2 is 1.42 bits per heavy atom. The molecule has 0 saturated carbocycles. The summed E-state index contributed by atoms with van der Waals surface area (Å²) in [6, 6.07) is 10.4. The summed E-state index contributed by atoms with van der Waals surface area (Å²) < 4.78 is 10.2. The summed E-state index contributed by atoms with van der Waals surface area (Å²) in [5.41, 5.74) is 0.225. The number of rotatable bonds is 0. The van der Waals surface area contributed by atoms with Crippen molar-refractivity contribution in [3.8, 4) is 17.2 Å². The maximum atomic E-state index is 12.0. The van der Waals surface area contributed by atoms with Gasteiger partial charge in [-0.3, -0.25) is 0 Å². The fourth-order valence-electron chi connectivity index (χ4n) is 1.83. The highest BCUT2D eigenvalue weighted by Crippen LogP contribution is 2.38. The van der Waals surface area contributed by atoms with Crippen molar-refractivity contribution in [3.05, 3.63) is 53.6 Å². The van der Waals surface area contributed by atoms with Crippen LogP contribution < -0.4 is 9.47 Å². The molecule has 0 unspecified atom stereocenters. The van der Waals surface area contributed by atoms with Crippen LogP contribution in [0.15, 0.2) is 42.5 Å². The van der Waals surface area contributed by atoms with Crippen molar-refractivity contribution in [2.45, 2.75) is 0 Å². The first-order valence-corrected chi connectivity index (χ1v) is 5.52. The normalized spacial score (nSPS) is 13.5. The zero-order valence-electron chi connectivity index (χ0n) is 9.62. The molecule has 1 aliphatic heterocycles. The lowest BCUT2D eigenvalue weighted by Gasteiger charge is -2.16. The topological polar surface area (TPSA) is 72.8 Å². The summed E-state index contributed by atoms with van der Waals surface area (Å²) in [5.74, 6) is -1.80. The predicted octanol–water partition coefficient (Wildman–Crippen LogP) is 2.14. The van der Waals surface area contributed by atoms with Gasteiger partial charge >= 0.3 is 11.9 Å². The molecule has 94 valence electrons. The number of hydrogen-bond acceptors (Lipinski definition) is 5. The Bertz CT molecular complexity index is 690. The number of carbonyl (C=O) groups is 2. The van der Waals surface area contributed by atoms with E-state index in [2.05, 4.69) is 0 Å². The minimum Gasteiger partial charge on any atom is -0.504 e. The first-order valence-electron chi connectivity index (χ1n) is 5.52. The van der Waals surface area contributed by atoms with E-state index >= 15 is 0 Å². The van der Waals surface area contributed by atoms with E-state index < -0.39 is 11.9 Å². The highest BCUT2D eigenvalue weighted by molar-refractivity contribution is 6.05. The third-order valence-electron chi connectivity index (χ3n) is 2.72. The Morgan fingerprint density at radius 1 is 0.789 bits per heavy atom. The largest absolute Gasteiger partial charge is 0.504 e. The average molecular weight is 256 g/mol.